The van der Waals surface area contributed by atoms with Crippen molar-refractivity contribution in [3.63, 3.8) is 0 Å². The fourth-order valence-corrected chi connectivity index (χ4v) is 1.97. The highest BCUT2D eigenvalue weighted by atomic mass is 31.2. The van der Waals surface area contributed by atoms with E-state index in [0.29, 0.717) is 0 Å². The van der Waals surface area contributed by atoms with Crippen LogP contribution < -0.4 is 5.73 Å². The van der Waals surface area contributed by atoms with E-state index in [0.717, 1.165) is 12.1 Å². The van der Waals surface area contributed by atoms with Crippen molar-refractivity contribution >= 4 is 7.82 Å². The number of hydrogen-bond acceptors (Lipinski definition) is 3. The smallest absolute Gasteiger partial charge is 0.330 e. The van der Waals surface area contributed by atoms with Crippen molar-refractivity contribution in [2.75, 3.05) is 6.54 Å². The number of unbranched alkanes of at least 4 members (excludes halogenated alkanes) is 5. The van der Waals surface area contributed by atoms with Gasteiger partial charge in [-0.2, -0.15) is 0 Å². The fraction of sp³-hybridized carbons (Fsp3) is 0.600. The number of rotatable bonds is 9. The average molecular weight is 317 g/mol. The SMILES string of the molecule is CCCCCCCCN.O=P(O)(O)OCc1ccccc1. The predicted octanol–water partition coefficient (Wildman–Crippen LogP) is 3.60. The van der Waals surface area contributed by atoms with Crippen molar-refractivity contribution in [1.29, 1.82) is 0 Å². The van der Waals surface area contributed by atoms with Crippen molar-refractivity contribution in [2.45, 2.75) is 52.1 Å². The van der Waals surface area contributed by atoms with Gasteiger partial charge in [0.25, 0.3) is 0 Å². The molecule has 4 N–H and O–H groups in total. The molecular weight excluding hydrogens is 289 g/mol. The van der Waals surface area contributed by atoms with Crippen LogP contribution in [0.25, 0.3) is 0 Å². The lowest BCUT2D eigenvalue weighted by Gasteiger charge is -2.03. The van der Waals surface area contributed by atoms with Gasteiger partial charge in [0.15, 0.2) is 0 Å². The summed E-state index contributed by atoms with van der Waals surface area (Å²) >= 11 is 0. The quantitative estimate of drug-likeness (QED) is 0.478. The second-order valence-corrected chi connectivity index (χ2v) is 6.05. The number of hydrogen-bond donors (Lipinski definition) is 3. The topological polar surface area (TPSA) is 92.8 Å². The van der Waals surface area contributed by atoms with E-state index < -0.39 is 7.82 Å². The Labute approximate surface area is 127 Å². The molecule has 0 aliphatic carbocycles. The third-order valence-electron chi connectivity index (χ3n) is 2.80. The number of phosphoric ester groups is 1. The second kappa shape index (κ2) is 13.0. The van der Waals surface area contributed by atoms with Gasteiger partial charge >= 0.3 is 7.82 Å². The van der Waals surface area contributed by atoms with Crippen LogP contribution in [0.3, 0.4) is 0 Å². The summed E-state index contributed by atoms with van der Waals surface area (Å²) in [5.74, 6) is 0. The molecule has 1 aromatic carbocycles. The molecule has 0 heterocycles. The van der Waals surface area contributed by atoms with Crippen molar-refractivity contribution in [2.24, 2.45) is 5.73 Å². The number of benzene rings is 1. The Hall–Kier alpha value is -0.710. The zero-order valence-corrected chi connectivity index (χ0v) is 13.7. The van der Waals surface area contributed by atoms with Gasteiger partial charge in [0, 0.05) is 0 Å². The number of nitrogens with two attached hydrogens (primary N) is 1. The van der Waals surface area contributed by atoms with Gasteiger partial charge in [-0.05, 0) is 18.5 Å². The molecule has 1 aromatic rings. The van der Waals surface area contributed by atoms with Crippen LogP contribution in [0.1, 0.15) is 51.0 Å². The minimum absolute atomic E-state index is 0.0644. The van der Waals surface area contributed by atoms with Crippen LogP contribution in [-0.4, -0.2) is 16.3 Å². The highest BCUT2D eigenvalue weighted by molar-refractivity contribution is 7.46. The molecule has 0 bridgehead atoms. The van der Waals surface area contributed by atoms with Gasteiger partial charge in [0.2, 0.25) is 0 Å². The zero-order chi connectivity index (χ0) is 16.0. The summed E-state index contributed by atoms with van der Waals surface area (Å²) in [4.78, 5) is 16.7. The van der Waals surface area contributed by atoms with Crippen LogP contribution in [0, 0.1) is 0 Å². The van der Waals surface area contributed by atoms with Crippen LogP contribution in [0.5, 0.6) is 0 Å². The van der Waals surface area contributed by atoms with Crippen molar-refractivity contribution in [3.8, 4) is 0 Å². The van der Waals surface area contributed by atoms with Crippen molar-refractivity contribution < 1.29 is 18.9 Å². The Morgan fingerprint density at radius 2 is 1.62 bits per heavy atom. The monoisotopic (exact) mass is 317 g/mol. The summed E-state index contributed by atoms with van der Waals surface area (Å²) in [6.45, 7) is 3.04. The summed E-state index contributed by atoms with van der Waals surface area (Å²) in [5, 5.41) is 0. The molecule has 0 saturated heterocycles. The molecule has 21 heavy (non-hydrogen) atoms. The maximum Gasteiger partial charge on any atom is 0.469 e. The maximum absolute atomic E-state index is 10.3. The predicted molar refractivity (Wildman–Crippen MR) is 85.7 cm³/mol. The molecule has 0 unspecified atom stereocenters. The first-order valence-corrected chi connectivity index (χ1v) is 8.96. The minimum atomic E-state index is -4.33. The summed E-state index contributed by atoms with van der Waals surface area (Å²) in [5.41, 5.74) is 6.08. The van der Waals surface area contributed by atoms with Gasteiger partial charge in [-0.3, -0.25) is 4.52 Å². The van der Waals surface area contributed by atoms with E-state index in [1.54, 1.807) is 24.3 Å². The van der Waals surface area contributed by atoms with Crippen molar-refractivity contribution in [1.82, 2.24) is 0 Å². The van der Waals surface area contributed by atoms with E-state index in [1.165, 1.54) is 38.5 Å². The highest BCUT2D eigenvalue weighted by Gasteiger charge is 2.12. The van der Waals surface area contributed by atoms with Crippen LogP contribution in [0.2, 0.25) is 0 Å². The van der Waals surface area contributed by atoms with Crippen LogP contribution >= 0.6 is 7.82 Å². The first kappa shape index (κ1) is 20.3. The van der Waals surface area contributed by atoms with E-state index in [-0.39, 0.29) is 6.61 Å². The largest absolute Gasteiger partial charge is 0.469 e. The number of phosphoric acid groups is 1. The molecule has 6 heteroatoms. The maximum atomic E-state index is 10.3. The summed E-state index contributed by atoms with van der Waals surface area (Å²) < 4.78 is 14.6. The van der Waals surface area contributed by atoms with E-state index >= 15 is 0 Å². The Morgan fingerprint density at radius 3 is 2.14 bits per heavy atom. The fourth-order valence-electron chi connectivity index (χ4n) is 1.66. The van der Waals surface area contributed by atoms with Crippen LogP contribution in [0.15, 0.2) is 30.3 Å². The molecule has 0 aliphatic heterocycles. The molecule has 122 valence electrons. The highest BCUT2D eigenvalue weighted by Crippen LogP contribution is 2.36. The molecule has 0 fully saturated rings. The van der Waals surface area contributed by atoms with Gasteiger partial charge in [-0.1, -0.05) is 69.4 Å². The molecule has 0 radical (unpaired) electrons. The Balaban J connectivity index is 0.000000400. The van der Waals surface area contributed by atoms with Crippen molar-refractivity contribution in [3.05, 3.63) is 35.9 Å². The summed E-state index contributed by atoms with van der Waals surface area (Å²) in [6.07, 6.45) is 8.05. The molecule has 0 aliphatic rings. The first-order valence-electron chi connectivity index (χ1n) is 7.43. The van der Waals surface area contributed by atoms with Gasteiger partial charge < -0.3 is 15.5 Å². The average Bonchev–Trinajstić information content (AvgIpc) is 2.46. The molecular formula is C15H28NO4P. The molecule has 1 rings (SSSR count). The third-order valence-corrected chi connectivity index (χ3v) is 3.27. The lowest BCUT2D eigenvalue weighted by molar-refractivity contribution is 0.189. The normalized spacial score (nSPS) is 10.9. The van der Waals surface area contributed by atoms with E-state index in [2.05, 4.69) is 11.4 Å². The molecule has 0 atom stereocenters. The Bertz CT molecular complexity index is 375. The van der Waals surface area contributed by atoms with Gasteiger partial charge in [-0.15, -0.1) is 0 Å². The Morgan fingerprint density at radius 1 is 1.05 bits per heavy atom. The van der Waals surface area contributed by atoms with E-state index in [9.17, 15) is 4.57 Å². The Kier molecular flexibility index (Phi) is 12.5. The standard InChI is InChI=1S/C8H19N.C7H9O4P/c1-2-3-4-5-6-7-8-9;8-12(9,10)11-6-7-4-2-1-3-5-7/h2-9H2,1H3;1-5H,6H2,(H2,8,9,10). The molecule has 0 saturated carbocycles. The van der Waals surface area contributed by atoms with E-state index in [1.807, 2.05) is 6.07 Å². The van der Waals surface area contributed by atoms with Gasteiger partial charge in [0.05, 0.1) is 6.61 Å². The second-order valence-electron chi connectivity index (χ2n) is 4.81. The lowest BCUT2D eigenvalue weighted by Crippen LogP contribution is -1.97. The third kappa shape index (κ3) is 15.5. The summed E-state index contributed by atoms with van der Waals surface area (Å²) in [7, 11) is -4.33. The summed E-state index contributed by atoms with van der Waals surface area (Å²) in [6, 6.07) is 8.84. The molecule has 0 aromatic heterocycles. The minimum Gasteiger partial charge on any atom is -0.330 e. The zero-order valence-electron chi connectivity index (χ0n) is 12.8. The molecule has 0 amide bonds. The first-order chi connectivity index (χ1) is 9.99. The van der Waals surface area contributed by atoms with Crippen LogP contribution in [-0.2, 0) is 15.7 Å². The molecule has 0 spiro atoms. The molecule has 5 nitrogen and oxygen atoms in total. The lowest BCUT2D eigenvalue weighted by atomic mass is 10.1. The van der Waals surface area contributed by atoms with Gasteiger partial charge in [-0.25, -0.2) is 4.57 Å². The van der Waals surface area contributed by atoms with E-state index in [4.69, 9.17) is 15.5 Å². The van der Waals surface area contributed by atoms with Crippen LogP contribution in [0.4, 0.5) is 0 Å². The van der Waals surface area contributed by atoms with Gasteiger partial charge in [0.1, 0.15) is 0 Å².